The standard InChI is InChI=1S/C16H12FN/c1-16(13-3-5-14(17)6-4-13)9-12-8-11(10-18)2-7-15(12)16/h2-8H,9H2,1H3. The molecule has 0 heterocycles. The number of hydrogen-bond donors (Lipinski definition) is 0. The molecule has 1 nitrogen and oxygen atoms in total. The maximum atomic E-state index is 13.0. The highest BCUT2D eigenvalue weighted by atomic mass is 19.1. The Labute approximate surface area is 106 Å². The molecule has 0 saturated carbocycles. The molecule has 1 aliphatic carbocycles. The maximum absolute atomic E-state index is 13.0. The molecule has 0 aliphatic heterocycles. The molecule has 0 saturated heterocycles. The van der Waals surface area contributed by atoms with Crippen molar-refractivity contribution >= 4 is 0 Å². The third-order valence-corrected chi connectivity index (χ3v) is 3.85. The lowest BCUT2D eigenvalue weighted by molar-refractivity contribution is 0.494. The number of hydrogen-bond acceptors (Lipinski definition) is 1. The molecule has 1 aliphatic rings. The Hall–Kier alpha value is -2.14. The van der Waals surface area contributed by atoms with E-state index in [4.69, 9.17) is 5.26 Å². The molecule has 1 atom stereocenters. The average Bonchev–Trinajstić information content (AvgIpc) is 2.37. The highest BCUT2D eigenvalue weighted by Crippen LogP contribution is 2.46. The van der Waals surface area contributed by atoms with Crippen molar-refractivity contribution in [2.45, 2.75) is 18.8 Å². The van der Waals surface area contributed by atoms with Gasteiger partial charge in [-0.25, -0.2) is 4.39 Å². The van der Waals surface area contributed by atoms with E-state index < -0.39 is 0 Å². The predicted molar refractivity (Wildman–Crippen MR) is 67.7 cm³/mol. The minimum absolute atomic E-state index is 0.0446. The van der Waals surface area contributed by atoms with Crippen molar-refractivity contribution in [3.05, 3.63) is 70.5 Å². The van der Waals surface area contributed by atoms with Crippen LogP contribution in [0, 0.1) is 17.1 Å². The second-order valence-corrected chi connectivity index (χ2v) is 5.00. The molecule has 18 heavy (non-hydrogen) atoms. The Morgan fingerprint density at radius 2 is 1.89 bits per heavy atom. The first-order valence-electron chi connectivity index (χ1n) is 5.93. The third kappa shape index (κ3) is 1.44. The van der Waals surface area contributed by atoms with Gasteiger partial charge >= 0.3 is 0 Å². The summed E-state index contributed by atoms with van der Waals surface area (Å²) in [6.07, 6.45) is 0.906. The molecule has 88 valence electrons. The van der Waals surface area contributed by atoms with E-state index >= 15 is 0 Å². The Bertz CT molecular complexity index is 652. The lowest BCUT2D eigenvalue weighted by Crippen LogP contribution is -2.36. The summed E-state index contributed by atoms with van der Waals surface area (Å²) in [6, 6.07) is 14.7. The Morgan fingerprint density at radius 3 is 2.50 bits per heavy atom. The van der Waals surface area contributed by atoms with Crippen molar-refractivity contribution in [2.24, 2.45) is 0 Å². The molecular weight excluding hydrogens is 225 g/mol. The van der Waals surface area contributed by atoms with Gasteiger partial charge in [0.05, 0.1) is 11.6 Å². The van der Waals surface area contributed by atoms with Crippen molar-refractivity contribution in [1.29, 1.82) is 5.26 Å². The summed E-state index contributed by atoms with van der Waals surface area (Å²) in [5.41, 5.74) is 4.25. The first kappa shape index (κ1) is 11.0. The molecule has 2 aromatic rings. The van der Waals surface area contributed by atoms with Crippen LogP contribution in [0.5, 0.6) is 0 Å². The molecule has 3 rings (SSSR count). The molecule has 2 heteroatoms. The quantitative estimate of drug-likeness (QED) is 0.744. The highest BCUT2D eigenvalue weighted by molar-refractivity contribution is 5.55. The normalized spacial score (nSPS) is 20.7. The summed E-state index contributed by atoms with van der Waals surface area (Å²) in [7, 11) is 0. The SMILES string of the molecule is CC1(c2ccc(F)cc2)Cc2cc(C#N)ccc21. The highest BCUT2D eigenvalue weighted by Gasteiger charge is 2.39. The van der Waals surface area contributed by atoms with E-state index in [2.05, 4.69) is 13.0 Å². The monoisotopic (exact) mass is 237 g/mol. The van der Waals surface area contributed by atoms with E-state index in [9.17, 15) is 4.39 Å². The molecular formula is C16H12FN. The van der Waals surface area contributed by atoms with Crippen LogP contribution in [-0.4, -0.2) is 0 Å². The van der Waals surface area contributed by atoms with Crippen LogP contribution in [0.2, 0.25) is 0 Å². The van der Waals surface area contributed by atoms with Crippen LogP contribution in [0.15, 0.2) is 42.5 Å². The lowest BCUT2D eigenvalue weighted by Gasteiger charge is -2.42. The fourth-order valence-electron chi connectivity index (χ4n) is 2.79. The van der Waals surface area contributed by atoms with Crippen molar-refractivity contribution in [2.75, 3.05) is 0 Å². The van der Waals surface area contributed by atoms with E-state index in [1.807, 2.05) is 30.3 Å². The maximum Gasteiger partial charge on any atom is 0.123 e. The number of nitriles is 1. The molecule has 0 aromatic heterocycles. The van der Waals surface area contributed by atoms with E-state index in [0.29, 0.717) is 5.56 Å². The van der Waals surface area contributed by atoms with E-state index in [1.165, 1.54) is 23.3 Å². The van der Waals surface area contributed by atoms with E-state index in [-0.39, 0.29) is 11.2 Å². The summed E-state index contributed by atoms with van der Waals surface area (Å²) in [5.74, 6) is -0.207. The van der Waals surface area contributed by atoms with Crippen LogP contribution in [0.3, 0.4) is 0 Å². The molecule has 0 fully saturated rings. The molecule has 0 amide bonds. The minimum atomic E-state index is -0.207. The van der Waals surface area contributed by atoms with Gasteiger partial charge in [0, 0.05) is 5.41 Å². The van der Waals surface area contributed by atoms with Crippen molar-refractivity contribution < 1.29 is 4.39 Å². The van der Waals surface area contributed by atoms with Gasteiger partial charge in [-0.15, -0.1) is 0 Å². The first-order valence-corrected chi connectivity index (χ1v) is 5.93. The van der Waals surface area contributed by atoms with Gasteiger partial charge in [-0.1, -0.05) is 25.1 Å². The van der Waals surface area contributed by atoms with Gasteiger partial charge in [0.2, 0.25) is 0 Å². The first-order chi connectivity index (χ1) is 8.63. The summed E-state index contributed by atoms with van der Waals surface area (Å²) in [4.78, 5) is 0. The number of benzene rings is 2. The van der Waals surface area contributed by atoms with Gasteiger partial charge < -0.3 is 0 Å². The average molecular weight is 237 g/mol. The van der Waals surface area contributed by atoms with Gasteiger partial charge in [0.25, 0.3) is 0 Å². The zero-order valence-corrected chi connectivity index (χ0v) is 10.1. The van der Waals surface area contributed by atoms with Crippen molar-refractivity contribution in [1.82, 2.24) is 0 Å². The summed E-state index contributed by atoms with van der Waals surface area (Å²) in [5, 5.41) is 8.86. The number of halogens is 1. The zero-order chi connectivity index (χ0) is 12.8. The van der Waals surface area contributed by atoms with Crippen molar-refractivity contribution in [3.63, 3.8) is 0 Å². The van der Waals surface area contributed by atoms with E-state index in [0.717, 1.165) is 12.0 Å². The number of nitrogens with zero attached hydrogens (tertiary/aromatic N) is 1. The fraction of sp³-hybridized carbons (Fsp3) is 0.188. The summed E-state index contributed by atoms with van der Waals surface area (Å²) in [6.45, 7) is 2.16. The van der Waals surface area contributed by atoms with Crippen LogP contribution in [0.1, 0.15) is 29.2 Å². The van der Waals surface area contributed by atoms with Crippen LogP contribution < -0.4 is 0 Å². The minimum Gasteiger partial charge on any atom is -0.207 e. The molecule has 1 unspecified atom stereocenters. The van der Waals surface area contributed by atoms with Gasteiger partial charge in [0.1, 0.15) is 5.82 Å². The predicted octanol–water partition coefficient (Wildman–Crippen LogP) is 3.56. The Kier molecular flexibility index (Phi) is 2.24. The molecule has 0 bridgehead atoms. The zero-order valence-electron chi connectivity index (χ0n) is 10.1. The second-order valence-electron chi connectivity index (χ2n) is 5.00. The molecule has 2 aromatic carbocycles. The largest absolute Gasteiger partial charge is 0.207 e. The smallest absolute Gasteiger partial charge is 0.123 e. The topological polar surface area (TPSA) is 23.8 Å². The number of fused-ring (bicyclic) bond motifs is 1. The Morgan fingerprint density at radius 1 is 1.17 bits per heavy atom. The molecule has 0 radical (unpaired) electrons. The van der Waals surface area contributed by atoms with Gasteiger partial charge in [0.15, 0.2) is 0 Å². The lowest BCUT2D eigenvalue weighted by atomic mass is 9.61. The van der Waals surface area contributed by atoms with Gasteiger partial charge in [-0.2, -0.15) is 5.26 Å². The number of rotatable bonds is 1. The molecule has 0 N–H and O–H groups in total. The third-order valence-electron chi connectivity index (χ3n) is 3.85. The van der Waals surface area contributed by atoms with Crippen LogP contribution in [0.4, 0.5) is 4.39 Å². The van der Waals surface area contributed by atoms with Gasteiger partial charge in [-0.3, -0.25) is 0 Å². The van der Waals surface area contributed by atoms with Crippen LogP contribution in [-0.2, 0) is 11.8 Å². The summed E-state index contributed by atoms with van der Waals surface area (Å²) < 4.78 is 13.0. The molecule has 0 spiro atoms. The Balaban J connectivity index is 2.04. The van der Waals surface area contributed by atoms with E-state index in [1.54, 1.807) is 0 Å². The fourth-order valence-corrected chi connectivity index (χ4v) is 2.79. The van der Waals surface area contributed by atoms with Crippen molar-refractivity contribution in [3.8, 4) is 6.07 Å². The van der Waals surface area contributed by atoms with Crippen LogP contribution >= 0.6 is 0 Å². The second kappa shape index (κ2) is 3.68. The summed E-state index contributed by atoms with van der Waals surface area (Å²) >= 11 is 0. The van der Waals surface area contributed by atoms with Gasteiger partial charge in [-0.05, 0) is 47.4 Å². The van der Waals surface area contributed by atoms with Crippen LogP contribution in [0.25, 0.3) is 0 Å².